The predicted molar refractivity (Wildman–Crippen MR) is 90.3 cm³/mol. The summed E-state index contributed by atoms with van der Waals surface area (Å²) in [5.41, 5.74) is 7.46. The van der Waals surface area contributed by atoms with E-state index in [1.807, 2.05) is 12.1 Å². The Hall–Kier alpha value is -3.15. The average Bonchev–Trinajstić information content (AvgIpc) is 3.06. The molecular weight excluding hydrogens is 306 g/mol. The molecule has 0 aliphatic heterocycles. The number of amides is 2. The second-order valence-corrected chi connectivity index (χ2v) is 5.68. The zero-order chi connectivity index (χ0) is 17.3. The molecule has 2 aromatic rings. The molecule has 1 heterocycles. The number of nitrogens with one attached hydrogen (secondary N) is 1. The quantitative estimate of drug-likeness (QED) is 0.875. The van der Waals surface area contributed by atoms with Gasteiger partial charge in [0.2, 0.25) is 5.91 Å². The zero-order valence-electron chi connectivity index (χ0n) is 13.2. The van der Waals surface area contributed by atoms with E-state index in [4.69, 9.17) is 5.73 Å². The van der Waals surface area contributed by atoms with Gasteiger partial charge in [0.25, 0.3) is 11.5 Å². The zero-order valence-corrected chi connectivity index (χ0v) is 13.2. The van der Waals surface area contributed by atoms with Crippen LogP contribution in [-0.2, 0) is 18.3 Å². The van der Waals surface area contributed by atoms with E-state index in [1.165, 1.54) is 10.8 Å². The number of carbonyl (C=O) groups is 2. The highest BCUT2D eigenvalue weighted by Gasteiger charge is 2.24. The molecule has 6 nitrogen and oxygen atoms in total. The van der Waals surface area contributed by atoms with E-state index in [9.17, 15) is 14.4 Å². The van der Waals surface area contributed by atoms with Gasteiger partial charge in [0.15, 0.2) is 0 Å². The molecule has 122 valence electrons. The normalized spacial score (nSPS) is 13.4. The van der Waals surface area contributed by atoms with E-state index < -0.39 is 17.9 Å². The van der Waals surface area contributed by atoms with Crippen LogP contribution in [-0.4, -0.2) is 16.4 Å². The molecule has 0 spiro atoms. The summed E-state index contributed by atoms with van der Waals surface area (Å²) in [6, 6.07) is 7.86. The maximum atomic E-state index is 12.7. The van der Waals surface area contributed by atoms with Gasteiger partial charge in [-0.1, -0.05) is 42.5 Å². The largest absolute Gasteiger partial charge is 0.368 e. The van der Waals surface area contributed by atoms with Crippen LogP contribution in [0.3, 0.4) is 0 Å². The van der Waals surface area contributed by atoms with Gasteiger partial charge in [0.1, 0.15) is 6.04 Å². The Labute approximate surface area is 138 Å². The first-order valence-electron chi connectivity index (χ1n) is 7.53. The Bertz CT molecular complexity index is 898. The number of pyridine rings is 1. The molecule has 24 heavy (non-hydrogen) atoms. The standard InChI is InChI=1S/C18H17N3O3/c1-21-10-14(12-8-5-9-13(12)18(21)24)17(23)20-15(16(19)22)11-6-3-2-4-7-11/h2-8,10,15H,9H2,1H3,(H2,19,22)(H,20,23)/t15-/m0/s1. The number of benzene rings is 1. The molecule has 0 saturated carbocycles. The number of fused-ring (bicyclic) bond motifs is 1. The minimum atomic E-state index is -0.933. The van der Waals surface area contributed by atoms with Crippen LogP contribution in [0.2, 0.25) is 0 Å². The van der Waals surface area contributed by atoms with E-state index >= 15 is 0 Å². The first-order chi connectivity index (χ1) is 11.5. The van der Waals surface area contributed by atoms with Crippen molar-refractivity contribution >= 4 is 17.9 Å². The van der Waals surface area contributed by atoms with E-state index in [2.05, 4.69) is 5.32 Å². The number of aryl methyl sites for hydroxylation is 1. The minimum Gasteiger partial charge on any atom is -0.368 e. The van der Waals surface area contributed by atoms with Crippen molar-refractivity contribution in [3.05, 3.63) is 75.2 Å². The van der Waals surface area contributed by atoms with Gasteiger partial charge in [-0.3, -0.25) is 14.4 Å². The molecule has 1 aromatic carbocycles. The summed E-state index contributed by atoms with van der Waals surface area (Å²) in [5, 5.41) is 2.66. The lowest BCUT2D eigenvalue weighted by Crippen LogP contribution is -2.38. The van der Waals surface area contributed by atoms with Crippen molar-refractivity contribution in [3.8, 4) is 0 Å². The van der Waals surface area contributed by atoms with Gasteiger partial charge >= 0.3 is 0 Å². The van der Waals surface area contributed by atoms with Crippen LogP contribution in [0.1, 0.15) is 33.1 Å². The highest BCUT2D eigenvalue weighted by Crippen LogP contribution is 2.21. The van der Waals surface area contributed by atoms with Gasteiger partial charge in [0.05, 0.1) is 5.56 Å². The van der Waals surface area contributed by atoms with Gasteiger partial charge < -0.3 is 15.6 Å². The molecule has 3 rings (SSSR count). The summed E-state index contributed by atoms with van der Waals surface area (Å²) in [5.74, 6) is -1.09. The van der Waals surface area contributed by atoms with Crippen LogP contribution in [0.5, 0.6) is 0 Å². The Balaban J connectivity index is 1.97. The average molecular weight is 323 g/mol. The molecule has 6 heteroatoms. The van der Waals surface area contributed by atoms with Crippen molar-refractivity contribution in [1.29, 1.82) is 0 Å². The van der Waals surface area contributed by atoms with Gasteiger partial charge in [-0.25, -0.2) is 0 Å². The molecule has 0 bridgehead atoms. The van der Waals surface area contributed by atoms with E-state index in [1.54, 1.807) is 37.4 Å². The van der Waals surface area contributed by atoms with Crippen LogP contribution in [0.25, 0.3) is 6.08 Å². The van der Waals surface area contributed by atoms with Gasteiger partial charge in [-0.05, 0) is 17.5 Å². The number of primary amides is 1. The minimum absolute atomic E-state index is 0.124. The number of nitrogens with zero attached hydrogens (tertiary/aromatic N) is 1. The summed E-state index contributed by atoms with van der Waals surface area (Å²) in [6.45, 7) is 0. The lowest BCUT2D eigenvalue weighted by molar-refractivity contribution is -0.120. The topological polar surface area (TPSA) is 94.2 Å². The molecule has 1 aliphatic carbocycles. The Morgan fingerprint density at radius 2 is 1.96 bits per heavy atom. The Morgan fingerprint density at radius 3 is 2.62 bits per heavy atom. The molecule has 0 unspecified atom stereocenters. The number of nitrogens with two attached hydrogens (primary N) is 1. The molecule has 1 aliphatic rings. The molecule has 1 aromatic heterocycles. The first kappa shape index (κ1) is 15.7. The fourth-order valence-electron chi connectivity index (χ4n) is 2.85. The highest BCUT2D eigenvalue weighted by molar-refractivity contribution is 6.00. The SMILES string of the molecule is Cn1cc(C(=O)N[C@H](C(N)=O)c2ccccc2)c2c(c1=O)CC=C2. The Morgan fingerprint density at radius 1 is 1.25 bits per heavy atom. The molecule has 0 fully saturated rings. The maximum Gasteiger partial charge on any atom is 0.254 e. The summed E-state index contributed by atoms with van der Waals surface area (Å²) < 4.78 is 1.38. The molecule has 1 atom stereocenters. The molecule has 0 saturated heterocycles. The van der Waals surface area contributed by atoms with Gasteiger partial charge in [-0.2, -0.15) is 0 Å². The lowest BCUT2D eigenvalue weighted by Gasteiger charge is -2.17. The first-order valence-corrected chi connectivity index (χ1v) is 7.53. The third kappa shape index (κ3) is 2.74. The summed E-state index contributed by atoms with van der Waals surface area (Å²) in [6.07, 6.45) is 5.58. The fourth-order valence-corrected chi connectivity index (χ4v) is 2.85. The number of rotatable bonds is 4. The van der Waals surface area contributed by atoms with Crippen molar-refractivity contribution in [3.63, 3.8) is 0 Å². The molecule has 0 radical (unpaired) electrons. The van der Waals surface area contributed by atoms with Gasteiger partial charge in [0, 0.05) is 18.8 Å². The second-order valence-electron chi connectivity index (χ2n) is 5.68. The van der Waals surface area contributed by atoms with E-state index in [0.29, 0.717) is 28.7 Å². The number of hydrogen-bond donors (Lipinski definition) is 2. The van der Waals surface area contributed by atoms with Crippen LogP contribution in [0, 0.1) is 0 Å². The third-order valence-electron chi connectivity index (χ3n) is 4.06. The molecule has 2 amide bonds. The smallest absolute Gasteiger partial charge is 0.254 e. The van der Waals surface area contributed by atoms with Crippen molar-refractivity contribution in [2.75, 3.05) is 0 Å². The van der Waals surface area contributed by atoms with Crippen LogP contribution < -0.4 is 16.6 Å². The number of allylic oxidation sites excluding steroid dienone is 1. The van der Waals surface area contributed by atoms with Crippen molar-refractivity contribution in [2.45, 2.75) is 12.5 Å². The Kier molecular flexibility index (Phi) is 4.04. The number of hydrogen-bond acceptors (Lipinski definition) is 3. The number of carbonyl (C=O) groups excluding carboxylic acids is 2. The van der Waals surface area contributed by atoms with E-state index in [-0.39, 0.29) is 5.56 Å². The fraction of sp³-hybridized carbons (Fsp3) is 0.167. The summed E-state index contributed by atoms with van der Waals surface area (Å²) >= 11 is 0. The number of aromatic nitrogens is 1. The van der Waals surface area contributed by atoms with Crippen LogP contribution in [0.15, 0.2) is 47.4 Å². The summed E-state index contributed by atoms with van der Waals surface area (Å²) in [7, 11) is 1.60. The van der Waals surface area contributed by atoms with Gasteiger partial charge in [-0.15, -0.1) is 0 Å². The molecule has 3 N–H and O–H groups in total. The summed E-state index contributed by atoms with van der Waals surface area (Å²) in [4.78, 5) is 36.6. The third-order valence-corrected chi connectivity index (χ3v) is 4.06. The van der Waals surface area contributed by atoms with E-state index in [0.717, 1.165) is 0 Å². The van der Waals surface area contributed by atoms with Crippen LogP contribution in [0.4, 0.5) is 0 Å². The maximum absolute atomic E-state index is 12.7. The lowest BCUT2D eigenvalue weighted by atomic mass is 10.0. The van der Waals surface area contributed by atoms with Crippen LogP contribution >= 0.6 is 0 Å². The van der Waals surface area contributed by atoms with Crippen molar-refractivity contribution < 1.29 is 9.59 Å². The predicted octanol–water partition coefficient (Wildman–Crippen LogP) is 0.911. The van der Waals surface area contributed by atoms with Crippen molar-refractivity contribution in [2.24, 2.45) is 12.8 Å². The molecular formula is C18H17N3O3. The van der Waals surface area contributed by atoms with Crippen molar-refractivity contribution in [1.82, 2.24) is 9.88 Å². The second kappa shape index (κ2) is 6.16. The monoisotopic (exact) mass is 323 g/mol. The highest BCUT2D eigenvalue weighted by atomic mass is 16.2.